The Kier molecular flexibility index (Phi) is 4.96. The quantitative estimate of drug-likeness (QED) is 0.820. The summed E-state index contributed by atoms with van der Waals surface area (Å²) < 4.78 is 41.9. The first kappa shape index (κ1) is 14.3. The maximum atomic E-state index is 12.4. The van der Waals surface area contributed by atoms with Gasteiger partial charge in [-0.1, -0.05) is 6.07 Å². The number of ether oxygens (including phenoxy) is 1. The summed E-state index contributed by atoms with van der Waals surface area (Å²) in [5, 5.41) is 2.21. The number of alkyl halides is 3. The van der Waals surface area contributed by atoms with Crippen molar-refractivity contribution in [2.75, 3.05) is 18.5 Å². The van der Waals surface area contributed by atoms with Gasteiger partial charge in [-0.15, -0.1) is 0 Å². The SMILES string of the molecule is NCCCOC(=O)Nc1cccc(C(F)(F)F)c1. The van der Waals surface area contributed by atoms with E-state index in [0.717, 1.165) is 12.1 Å². The van der Waals surface area contributed by atoms with Crippen molar-refractivity contribution in [3.63, 3.8) is 0 Å². The second kappa shape index (κ2) is 6.25. The van der Waals surface area contributed by atoms with Gasteiger partial charge in [-0.05, 0) is 31.2 Å². The van der Waals surface area contributed by atoms with Gasteiger partial charge in [0, 0.05) is 5.69 Å². The largest absolute Gasteiger partial charge is 0.449 e. The van der Waals surface area contributed by atoms with Crippen molar-refractivity contribution in [2.24, 2.45) is 5.73 Å². The Morgan fingerprint density at radius 2 is 2.11 bits per heavy atom. The van der Waals surface area contributed by atoms with Gasteiger partial charge < -0.3 is 10.5 Å². The van der Waals surface area contributed by atoms with Crippen LogP contribution >= 0.6 is 0 Å². The minimum absolute atomic E-state index is 0.0302. The smallest absolute Gasteiger partial charge is 0.416 e. The number of anilines is 1. The predicted octanol–water partition coefficient (Wildman–Crippen LogP) is 2.60. The third kappa shape index (κ3) is 4.62. The Morgan fingerprint density at radius 1 is 1.39 bits per heavy atom. The molecule has 0 unspecified atom stereocenters. The van der Waals surface area contributed by atoms with Crippen LogP contribution in [0, 0.1) is 0 Å². The summed E-state index contributed by atoms with van der Waals surface area (Å²) in [5.41, 5.74) is 4.40. The normalized spacial score (nSPS) is 11.1. The minimum Gasteiger partial charge on any atom is -0.449 e. The van der Waals surface area contributed by atoms with Gasteiger partial charge in [0.2, 0.25) is 0 Å². The van der Waals surface area contributed by atoms with Gasteiger partial charge in [0.1, 0.15) is 0 Å². The molecular formula is C11H13F3N2O2. The Balaban J connectivity index is 2.60. The van der Waals surface area contributed by atoms with E-state index in [-0.39, 0.29) is 12.3 Å². The molecule has 0 aliphatic rings. The first-order valence-corrected chi connectivity index (χ1v) is 5.24. The summed E-state index contributed by atoms with van der Waals surface area (Å²) in [5.74, 6) is 0. The Labute approximate surface area is 102 Å². The van der Waals surface area contributed by atoms with Gasteiger partial charge in [-0.3, -0.25) is 5.32 Å². The van der Waals surface area contributed by atoms with Crippen molar-refractivity contribution in [3.8, 4) is 0 Å². The van der Waals surface area contributed by atoms with Crippen molar-refractivity contribution in [1.29, 1.82) is 0 Å². The summed E-state index contributed by atoms with van der Waals surface area (Å²) >= 11 is 0. The molecule has 18 heavy (non-hydrogen) atoms. The average molecular weight is 262 g/mol. The van der Waals surface area contributed by atoms with Crippen LogP contribution in [0.4, 0.5) is 23.7 Å². The highest BCUT2D eigenvalue weighted by Crippen LogP contribution is 2.30. The van der Waals surface area contributed by atoms with E-state index in [4.69, 9.17) is 10.5 Å². The molecule has 1 amide bonds. The number of rotatable bonds is 4. The van der Waals surface area contributed by atoms with E-state index in [1.807, 2.05) is 0 Å². The molecule has 0 aliphatic heterocycles. The predicted molar refractivity (Wildman–Crippen MR) is 60.1 cm³/mol. The van der Waals surface area contributed by atoms with E-state index < -0.39 is 17.8 Å². The minimum atomic E-state index is -4.44. The second-order valence-corrected chi connectivity index (χ2v) is 3.48. The molecule has 0 aromatic heterocycles. The van der Waals surface area contributed by atoms with Crippen LogP contribution in [0.1, 0.15) is 12.0 Å². The fourth-order valence-corrected chi connectivity index (χ4v) is 1.18. The Hall–Kier alpha value is -1.76. The van der Waals surface area contributed by atoms with Crippen molar-refractivity contribution in [2.45, 2.75) is 12.6 Å². The van der Waals surface area contributed by atoms with E-state index in [1.165, 1.54) is 12.1 Å². The summed E-state index contributed by atoms with van der Waals surface area (Å²) in [7, 11) is 0. The number of carbonyl (C=O) groups is 1. The van der Waals surface area contributed by atoms with E-state index in [9.17, 15) is 18.0 Å². The summed E-state index contributed by atoms with van der Waals surface area (Å²) in [6.07, 6.45) is -4.75. The first-order chi connectivity index (χ1) is 8.43. The monoisotopic (exact) mass is 262 g/mol. The topological polar surface area (TPSA) is 64.3 Å². The molecule has 0 spiro atoms. The molecular weight excluding hydrogens is 249 g/mol. The van der Waals surface area contributed by atoms with Gasteiger partial charge in [-0.25, -0.2) is 4.79 Å². The number of halogens is 3. The molecule has 7 heteroatoms. The molecule has 0 heterocycles. The summed E-state index contributed by atoms with van der Waals surface area (Å²) in [4.78, 5) is 11.2. The van der Waals surface area contributed by atoms with Crippen molar-refractivity contribution < 1.29 is 22.7 Å². The van der Waals surface area contributed by atoms with Crippen LogP contribution in [0.2, 0.25) is 0 Å². The highest BCUT2D eigenvalue weighted by Gasteiger charge is 2.30. The van der Waals surface area contributed by atoms with Crippen molar-refractivity contribution in [1.82, 2.24) is 0 Å². The summed E-state index contributed by atoms with van der Waals surface area (Å²) in [6, 6.07) is 4.31. The number of amides is 1. The van der Waals surface area contributed by atoms with Gasteiger partial charge in [0.15, 0.2) is 0 Å². The maximum absolute atomic E-state index is 12.4. The molecule has 0 fully saturated rings. The van der Waals surface area contributed by atoms with Crippen LogP contribution in [0.25, 0.3) is 0 Å². The van der Waals surface area contributed by atoms with Gasteiger partial charge >= 0.3 is 12.3 Å². The van der Waals surface area contributed by atoms with Gasteiger partial charge in [-0.2, -0.15) is 13.2 Å². The fraction of sp³-hybridized carbons (Fsp3) is 0.364. The van der Waals surface area contributed by atoms with Crippen LogP contribution in [0.5, 0.6) is 0 Å². The van der Waals surface area contributed by atoms with Crippen LogP contribution in [0.15, 0.2) is 24.3 Å². The summed E-state index contributed by atoms with van der Waals surface area (Å²) in [6.45, 7) is 0.498. The van der Waals surface area contributed by atoms with Crippen LogP contribution in [-0.2, 0) is 10.9 Å². The Bertz CT molecular complexity index is 408. The third-order valence-electron chi connectivity index (χ3n) is 2.02. The standard InChI is InChI=1S/C11H13F3N2O2/c12-11(13,14)8-3-1-4-9(7-8)16-10(17)18-6-2-5-15/h1,3-4,7H,2,5-6,15H2,(H,16,17). The fourth-order valence-electron chi connectivity index (χ4n) is 1.18. The molecule has 0 aliphatic carbocycles. The van der Waals surface area contributed by atoms with Gasteiger partial charge in [0.25, 0.3) is 0 Å². The van der Waals surface area contributed by atoms with Crippen LogP contribution < -0.4 is 11.1 Å². The lowest BCUT2D eigenvalue weighted by atomic mass is 10.2. The molecule has 1 rings (SSSR count). The number of hydrogen-bond donors (Lipinski definition) is 2. The zero-order valence-electron chi connectivity index (χ0n) is 9.46. The van der Waals surface area contributed by atoms with E-state index in [0.29, 0.717) is 13.0 Å². The van der Waals surface area contributed by atoms with Crippen molar-refractivity contribution in [3.05, 3.63) is 29.8 Å². The number of nitrogens with one attached hydrogen (secondary N) is 1. The molecule has 0 saturated carbocycles. The highest BCUT2D eigenvalue weighted by molar-refractivity contribution is 5.84. The van der Waals surface area contributed by atoms with Crippen LogP contribution in [0.3, 0.4) is 0 Å². The number of nitrogens with two attached hydrogens (primary N) is 1. The number of hydrogen-bond acceptors (Lipinski definition) is 3. The maximum Gasteiger partial charge on any atom is 0.416 e. The zero-order chi connectivity index (χ0) is 13.6. The lowest BCUT2D eigenvalue weighted by Gasteiger charge is -2.10. The molecule has 3 N–H and O–H groups in total. The van der Waals surface area contributed by atoms with Gasteiger partial charge in [0.05, 0.1) is 12.2 Å². The Morgan fingerprint density at radius 3 is 2.72 bits per heavy atom. The number of benzene rings is 1. The molecule has 1 aromatic rings. The molecule has 0 radical (unpaired) electrons. The molecule has 0 bridgehead atoms. The lowest BCUT2D eigenvalue weighted by molar-refractivity contribution is -0.137. The van der Waals surface area contributed by atoms with E-state index in [2.05, 4.69) is 5.32 Å². The molecule has 100 valence electrons. The number of carbonyl (C=O) groups excluding carboxylic acids is 1. The first-order valence-electron chi connectivity index (χ1n) is 5.24. The lowest BCUT2D eigenvalue weighted by Crippen LogP contribution is -2.16. The third-order valence-corrected chi connectivity index (χ3v) is 2.02. The molecule has 4 nitrogen and oxygen atoms in total. The zero-order valence-corrected chi connectivity index (χ0v) is 9.46. The highest BCUT2D eigenvalue weighted by atomic mass is 19.4. The van der Waals surface area contributed by atoms with Crippen LogP contribution in [-0.4, -0.2) is 19.2 Å². The van der Waals surface area contributed by atoms with E-state index >= 15 is 0 Å². The molecule has 0 atom stereocenters. The van der Waals surface area contributed by atoms with E-state index in [1.54, 1.807) is 0 Å². The average Bonchev–Trinajstić information content (AvgIpc) is 2.28. The molecule has 1 aromatic carbocycles. The second-order valence-electron chi connectivity index (χ2n) is 3.48. The van der Waals surface area contributed by atoms with Crippen molar-refractivity contribution >= 4 is 11.8 Å². The molecule has 0 saturated heterocycles.